The van der Waals surface area contributed by atoms with Crippen molar-refractivity contribution in [1.29, 1.82) is 0 Å². The molecule has 0 unspecified atom stereocenters. The van der Waals surface area contributed by atoms with Gasteiger partial charge in [0.25, 0.3) is 0 Å². The first-order valence-electron chi connectivity index (χ1n) is 15.5. The number of furan rings is 1. The second-order valence-corrected chi connectivity index (χ2v) is 14.2. The summed E-state index contributed by atoms with van der Waals surface area (Å²) >= 11 is 1.83. The van der Waals surface area contributed by atoms with E-state index in [2.05, 4.69) is 143 Å². The van der Waals surface area contributed by atoms with E-state index in [1.807, 2.05) is 11.3 Å². The Hall–Kier alpha value is -4.42. The Morgan fingerprint density at radius 3 is 1.82 bits per heavy atom. The first kappa shape index (κ1) is 26.9. The minimum atomic E-state index is -0.395. The van der Waals surface area contributed by atoms with Crippen molar-refractivity contribution in [3.8, 4) is 22.3 Å². The van der Waals surface area contributed by atoms with Crippen molar-refractivity contribution in [2.45, 2.75) is 38.9 Å². The zero-order valence-corrected chi connectivity index (χ0v) is 26.5. The van der Waals surface area contributed by atoms with E-state index in [1.54, 1.807) is 0 Å². The molecule has 6 aromatic carbocycles. The average molecular weight is 603 g/mol. The Bertz CT molecular complexity index is 2430. The molecule has 1 aliphatic rings. The number of hydrogen-bond donors (Lipinski definition) is 0. The van der Waals surface area contributed by atoms with Gasteiger partial charge in [0.15, 0.2) is 0 Å². The Kier molecular flexibility index (Phi) is 5.71. The molecule has 45 heavy (non-hydrogen) atoms. The standard InChI is InChI=1S/C40H31BO3S/c1-39(2)40(3,4)44-41(43-39)34-17-9-16-32-31-15-8-13-29(37(31)45-38(32)34)25-20-18-24(19-21-25)28-12-7-14-30-33-22-26-10-5-6-11-27(26)23-35(33)42-36(28)30/h5-23H,1-4H3. The molecule has 5 heteroatoms. The second-order valence-electron chi connectivity index (χ2n) is 13.2. The Morgan fingerprint density at radius 2 is 1.11 bits per heavy atom. The van der Waals surface area contributed by atoms with Gasteiger partial charge in [-0.25, -0.2) is 0 Å². The van der Waals surface area contributed by atoms with Crippen LogP contribution in [0.4, 0.5) is 0 Å². The fourth-order valence-electron chi connectivity index (χ4n) is 6.76. The summed E-state index contributed by atoms with van der Waals surface area (Å²) in [5, 5.41) is 7.21. The molecule has 1 saturated heterocycles. The highest BCUT2D eigenvalue weighted by atomic mass is 32.1. The molecule has 0 spiro atoms. The van der Waals surface area contributed by atoms with Crippen molar-refractivity contribution in [2.24, 2.45) is 0 Å². The monoisotopic (exact) mass is 602 g/mol. The number of para-hydroxylation sites is 1. The Labute approximate surface area is 266 Å². The molecule has 8 aromatic rings. The molecule has 1 fully saturated rings. The minimum Gasteiger partial charge on any atom is -0.455 e. The van der Waals surface area contributed by atoms with Crippen molar-refractivity contribution >= 4 is 76.8 Å². The molecular weight excluding hydrogens is 571 g/mol. The summed E-state index contributed by atoms with van der Waals surface area (Å²) in [5.74, 6) is 0. The van der Waals surface area contributed by atoms with Crippen LogP contribution in [-0.4, -0.2) is 18.3 Å². The molecule has 3 heterocycles. The molecule has 218 valence electrons. The molecule has 0 aliphatic carbocycles. The molecule has 9 rings (SSSR count). The van der Waals surface area contributed by atoms with Crippen LogP contribution >= 0.6 is 11.3 Å². The van der Waals surface area contributed by atoms with Crippen LogP contribution in [0.1, 0.15) is 27.7 Å². The van der Waals surface area contributed by atoms with Gasteiger partial charge in [-0.1, -0.05) is 103 Å². The van der Waals surface area contributed by atoms with E-state index >= 15 is 0 Å². The van der Waals surface area contributed by atoms with Gasteiger partial charge in [0.05, 0.1) is 11.2 Å². The van der Waals surface area contributed by atoms with Crippen LogP contribution < -0.4 is 5.46 Å². The van der Waals surface area contributed by atoms with Crippen molar-refractivity contribution < 1.29 is 13.7 Å². The van der Waals surface area contributed by atoms with Gasteiger partial charge in [0.1, 0.15) is 11.2 Å². The van der Waals surface area contributed by atoms with E-state index in [-0.39, 0.29) is 11.2 Å². The highest BCUT2D eigenvalue weighted by Crippen LogP contribution is 2.43. The van der Waals surface area contributed by atoms with Crippen molar-refractivity contribution in [3.05, 3.63) is 115 Å². The van der Waals surface area contributed by atoms with Crippen LogP contribution in [-0.2, 0) is 9.31 Å². The van der Waals surface area contributed by atoms with Gasteiger partial charge in [-0.05, 0) is 72.7 Å². The maximum atomic E-state index is 6.51. The third-order valence-corrected chi connectivity index (χ3v) is 11.2. The SMILES string of the molecule is CC1(C)OB(c2cccc3c2sc2c(-c4ccc(-c5cccc6c5oc5cc7ccccc7cc56)cc4)cccc23)OC1(C)C. The predicted octanol–water partition coefficient (Wildman–Crippen LogP) is 10.7. The third kappa shape index (κ3) is 4.04. The summed E-state index contributed by atoms with van der Waals surface area (Å²) in [6.45, 7) is 8.43. The summed E-state index contributed by atoms with van der Waals surface area (Å²) in [6.07, 6.45) is 0. The lowest BCUT2D eigenvalue weighted by molar-refractivity contribution is 0.00578. The number of fused-ring (bicyclic) bond motifs is 7. The Balaban J connectivity index is 1.13. The van der Waals surface area contributed by atoms with Crippen LogP contribution in [0.3, 0.4) is 0 Å². The second kappa shape index (κ2) is 9.54. The van der Waals surface area contributed by atoms with Gasteiger partial charge < -0.3 is 13.7 Å². The molecule has 0 atom stereocenters. The fourth-order valence-corrected chi connectivity index (χ4v) is 8.12. The van der Waals surface area contributed by atoms with Crippen LogP contribution in [0.5, 0.6) is 0 Å². The summed E-state index contributed by atoms with van der Waals surface area (Å²) in [7, 11) is -0.395. The molecular formula is C40H31BO3S. The lowest BCUT2D eigenvalue weighted by atomic mass is 9.78. The first-order chi connectivity index (χ1) is 21.8. The average Bonchev–Trinajstić information content (AvgIpc) is 3.67. The van der Waals surface area contributed by atoms with Gasteiger partial charge in [-0.15, -0.1) is 11.3 Å². The maximum Gasteiger partial charge on any atom is 0.496 e. The topological polar surface area (TPSA) is 31.6 Å². The number of hydrogen-bond acceptors (Lipinski definition) is 4. The highest BCUT2D eigenvalue weighted by Gasteiger charge is 2.52. The van der Waals surface area contributed by atoms with E-state index < -0.39 is 7.12 Å². The first-order valence-corrected chi connectivity index (χ1v) is 16.3. The van der Waals surface area contributed by atoms with E-state index in [1.165, 1.54) is 42.1 Å². The lowest BCUT2D eigenvalue weighted by Crippen LogP contribution is -2.41. The van der Waals surface area contributed by atoms with Gasteiger partial charge in [-0.3, -0.25) is 0 Å². The number of rotatable bonds is 3. The van der Waals surface area contributed by atoms with Gasteiger partial charge in [-0.2, -0.15) is 0 Å². The summed E-state index contributed by atoms with van der Waals surface area (Å²) < 4.78 is 21.9. The summed E-state index contributed by atoms with van der Waals surface area (Å²) in [6, 6.07) is 41.3. The van der Waals surface area contributed by atoms with Crippen LogP contribution in [0.2, 0.25) is 0 Å². The van der Waals surface area contributed by atoms with Gasteiger partial charge in [0.2, 0.25) is 0 Å². The fraction of sp³-hybridized carbons (Fsp3) is 0.150. The molecule has 2 aromatic heterocycles. The number of benzene rings is 6. The smallest absolute Gasteiger partial charge is 0.455 e. The molecule has 0 radical (unpaired) electrons. The third-order valence-electron chi connectivity index (χ3n) is 9.93. The van der Waals surface area contributed by atoms with Gasteiger partial charge in [0, 0.05) is 36.6 Å². The van der Waals surface area contributed by atoms with Crippen LogP contribution in [0, 0.1) is 0 Å². The molecule has 3 nitrogen and oxygen atoms in total. The van der Waals surface area contributed by atoms with E-state index in [9.17, 15) is 0 Å². The quantitative estimate of drug-likeness (QED) is 0.189. The maximum absolute atomic E-state index is 6.51. The van der Waals surface area contributed by atoms with Crippen molar-refractivity contribution in [3.63, 3.8) is 0 Å². The zero-order valence-electron chi connectivity index (χ0n) is 25.7. The molecule has 1 aliphatic heterocycles. The van der Waals surface area contributed by atoms with Crippen LogP contribution in [0.15, 0.2) is 120 Å². The largest absolute Gasteiger partial charge is 0.496 e. The van der Waals surface area contributed by atoms with E-state index in [0.717, 1.165) is 38.5 Å². The number of thiophene rings is 1. The lowest BCUT2D eigenvalue weighted by Gasteiger charge is -2.32. The van der Waals surface area contributed by atoms with Gasteiger partial charge >= 0.3 is 7.12 Å². The van der Waals surface area contributed by atoms with E-state index in [4.69, 9.17) is 13.7 Å². The normalized spacial score (nSPS) is 16.1. The molecule has 0 N–H and O–H groups in total. The van der Waals surface area contributed by atoms with Crippen molar-refractivity contribution in [2.75, 3.05) is 0 Å². The molecule has 0 bridgehead atoms. The van der Waals surface area contributed by atoms with Crippen molar-refractivity contribution in [1.82, 2.24) is 0 Å². The van der Waals surface area contributed by atoms with E-state index in [0.29, 0.717) is 0 Å². The predicted molar refractivity (Wildman–Crippen MR) is 191 cm³/mol. The summed E-state index contributed by atoms with van der Waals surface area (Å²) in [4.78, 5) is 0. The van der Waals surface area contributed by atoms with Crippen LogP contribution in [0.25, 0.3) is 75.1 Å². The minimum absolute atomic E-state index is 0.385. The summed E-state index contributed by atoms with van der Waals surface area (Å²) in [5.41, 5.74) is 6.84. The Morgan fingerprint density at radius 1 is 0.533 bits per heavy atom. The highest BCUT2D eigenvalue weighted by molar-refractivity contribution is 7.27. The zero-order chi connectivity index (χ0) is 30.5. The molecule has 0 saturated carbocycles. The molecule has 0 amide bonds.